The first kappa shape index (κ1) is 16.3. The van der Waals surface area contributed by atoms with Crippen LogP contribution in [0.3, 0.4) is 0 Å². The molecule has 1 aromatic rings. The van der Waals surface area contributed by atoms with Gasteiger partial charge in [-0.1, -0.05) is 15.9 Å². The molecule has 1 fully saturated rings. The molecule has 1 aliphatic carbocycles. The van der Waals surface area contributed by atoms with Crippen molar-refractivity contribution >= 4 is 31.9 Å². The van der Waals surface area contributed by atoms with Gasteiger partial charge >= 0.3 is 5.97 Å². The third-order valence-electron chi connectivity index (χ3n) is 3.14. The molecule has 116 valence electrons. The first-order valence-electron chi connectivity index (χ1n) is 6.52. The van der Waals surface area contributed by atoms with Crippen LogP contribution in [0, 0.1) is 5.92 Å². The minimum atomic E-state index is -3.97. The number of aliphatic carboxylic acids is 1. The van der Waals surface area contributed by atoms with Crippen LogP contribution in [0.2, 0.25) is 0 Å². The lowest BCUT2D eigenvalue weighted by Crippen LogP contribution is -2.42. The van der Waals surface area contributed by atoms with Gasteiger partial charge in [-0.05, 0) is 43.9 Å². The molecular formula is C13H16BrNO5S. The molecule has 2 rings (SSSR count). The van der Waals surface area contributed by atoms with E-state index in [4.69, 9.17) is 9.84 Å². The summed E-state index contributed by atoms with van der Waals surface area (Å²) in [6, 6.07) is 3.51. The molecule has 8 heteroatoms. The zero-order chi connectivity index (χ0) is 15.6. The van der Waals surface area contributed by atoms with Gasteiger partial charge in [0.2, 0.25) is 10.0 Å². The predicted octanol–water partition coefficient (Wildman–Crippen LogP) is 1.99. The van der Waals surface area contributed by atoms with Crippen LogP contribution >= 0.6 is 15.9 Å². The van der Waals surface area contributed by atoms with Crippen LogP contribution in [0.1, 0.15) is 19.8 Å². The van der Waals surface area contributed by atoms with Gasteiger partial charge < -0.3 is 9.84 Å². The van der Waals surface area contributed by atoms with Crippen molar-refractivity contribution in [3.05, 3.63) is 22.7 Å². The van der Waals surface area contributed by atoms with Crippen LogP contribution in [-0.2, 0) is 14.8 Å². The van der Waals surface area contributed by atoms with E-state index in [0.717, 1.165) is 12.8 Å². The van der Waals surface area contributed by atoms with Crippen LogP contribution in [0.4, 0.5) is 0 Å². The number of carboxylic acids is 1. The highest BCUT2D eigenvalue weighted by Gasteiger charge is 2.39. The van der Waals surface area contributed by atoms with Gasteiger partial charge in [-0.2, -0.15) is 4.72 Å². The second-order valence-electron chi connectivity index (χ2n) is 4.80. The van der Waals surface area contributed by atoms with Gasteiger partial charge in [-0.3, -0.25) is 4.79 Å². The summed E-state index contributed by atoms with van der Waals surface area (Å²) >= 11 is 3.21. The van der Waals surface area contributed by atoms with E-state index in [0.29, 0.717) is 11.1 Å². The Morgan fingerprint density at radius 2 is 2.19 bits per heavy atom. The molecule has 21 heavy (non-hydrogen) atoms. The number of hydrogen-bond donors (Lipinski definition) is 2. The number of hydrogen-bond acceptors (Lipinski definition) is 4. The van der Waals surface area contributed by atoms with Crippen molar-refractivity contribution in [1.29, 1.82) is 0 Å². The molecule has 0 aliphatic heterocycles. The molecule has 1 atom stereocenters. The van der Waals surface area contributed by atoms with E-state index in [9.17, 15) is 13.2 Å². The Labute approximate surface area is 131 Å². The molecule has 0 spiro atoms. The van der Waals surface area contributed by atoms with Crippen molar-refractivity contribution in [3.63, 3.8) is 0 Å². The molecule has 0 amide bonds. The fourth-order valence-electron chi connectivity index (χ4n) is 1.98. The van der Waals surface area contributed by atoms with Gasteiger partial charge in [-0.25, -0.2) is 8.42 Å². The van der Waals surface area contributed by atoms with E-state index in [1.165, 1.54) is 12.1 Å². The summed E-state index contributed by atoms with van der Waals surface area (Å²) in [5, 5.41) is 9.15. The molecule has 1 aromatic carbocycles. The lowest BCUT2D eigenvalue weighted by molar-refractivity contribution is -0.139. The summed E-state index contributed by atoms with van der Waals surface area (Å²) in [7, 11) is -3.97. The van der Waals surface area contributed by atoms with Crippen LogP contribution in [0.5, 0.6) is 5.75 Å². The van der Waals surface area contributed by atoms with E-state index < -0.39 is 22.0 Å². The Hall–Kier alpha value is -1.12. The highest BCUT2D eigenvalue weighted by molar-refractivity contribution is 9.10. The average Bonchev–Trinajstić information content (AvgIpc) is 3.22. The van der Waals surface area contributed by atoms with Crippen LogP contribution in [0.15, 0.2) is 27.6 Å². The number of sulfonamides is 1. The summed E-state index contributed by atoms with van der Waals surface area (Å²) in [6.45, 7) is 2.06. The molecule has 1 saturated carbocycles. The number of rotatable bonds is 7. The lowest BCUT2D eigenvalue weighted by atomic mass is 10.2. The standard InChI is InChI=1S/C13H16BrNO5S/c1-2-20-10-6-5-9(14)7-11(10)21(18,19)15-12(13(16)17)8-3-4-8/h5-8,12,15H,2-4H2,1H3,(H,16,17). The topological polar surface area (TPSA) is 92.7 Å². The SMILES string of the molecule is CCOc1ccc(Br)cc1S(=O)(=O)NC(C(=O)O)C1CC1. The van der Waals surface area contributed by atoms with Crippen LogP contribution in [0.25, 0.3) is 0 Å². The van der Waals surface area contributed by atoms with Crippen molar-refractivity contribution < 1.29 is 23.1 Å². The zero-order valence-corrected chi connectivity index (χ0v) is 13.8. The maximum absolute atomic E-state index is 12.5. The highest BCUT2D eigenvalue weighted by Crippen LogP contribution is 2.34. The maximum Gasteiger partial charge on any atom is 0.322 e. The smallest absolute Gasteiger partial charge is 0.322 e. The number of halogens is 1. The second kappa shape index (κ2) is 6.33. The average molecular weight is 378 g/mol. The molecule has 0 saturated heterocycles. The first-order valence-corrected chi connectivity index (χ1v) is 8.80. The Morgan fingerprint density at radius 3 is 2.71 bits per heavy atom. The van der Waals surface area contributed by atoms with Crippen molar-refractivity contribution in [2.45, 2.75) is 30.7 Å². The van der Waals surface area contributed by atoms with Gasteiger partial charge in [0.15, 0.2) is 0 Å². The van der Waals surface area contributed by atoms with E-state index in [-0.39, 0.29) is 16.6 Å². The molecular weight excluding hydrogens is 362 g/mol. The molecule has 0 radical (unpaired) electrons. The fourth-order valence-corrected chi connectivity index (χ4v) is 3.92. The molecule has 0 bridgehead atoms. The van der Waals surface area contributed by atoms with Crippen molar-refractivity contribution in [2.24, 2.45) is 5.92 Å². The van der Waals surface area contributed by atoms with Crippen molar-refractivity contribution in [3.8, 4) is 5.75 Å². The molecule has 0 aromatic heterocycles. The molecule has 1 unspecified atom stereocenters. The normalized spacial score (nSPS) is 16.5. The number of carboxylic acid groups (broad SMARTS) is 1. The number of carbonyl (C=O) groups is 1. The van der Waals surface area contributed by atoms with Gasteiger partial charge in [-0.15, -0.1) is 0 Å². The number of nitrogens with one attached hydrogen (secondary N) is 1. The molecule has 6 nitrogen and oxygen atoms in total. The number of ether oxygens (including phenoxy) is 1. The minimum Gasteiger partial charge on any atom is -0.492 e. The summed E-state index contributed by atoms with van der Waals surface area (Å²) < 4.78 is 33.1. The molecule has 1 aliphatic rings. The predicted molar refractivity (Wildman–Crippen MR) is 79.8 cm³/mol. The van der Waals surface area contributed by atoms with Crippen molar-refractivity contribution in [2.75, 3.05) is 6.61 Å². The Bertz CT molecular complexity index is 642. The number of benzene rings is 1. The maximum atomic E-state index is 12.5. The van der Waals surface area contributed by atoms with Gasteiger partial charge in [0.1, 0.15) is 16.7 Å². The fraction of sp³-hybridized carbons (Fsp3) is 0.462. The quantitative estimate of drug-likeness (QED) is 0.757. The van der Waals surface area contributed by atoms with E-state index >= 15 is 0 Å². The van der Waals surface area contributed by atoms with Crippen molar-refractivity contribution in [1.82, 2.24) is 4.72 Å². The van der Waals surface area contributed by atoms with E-state index in [1.54, 1.807) is 13.0 Å². The first-order chi connectivity index (χ1) is 9.85. The molecule has 0 heterocycles. The second-order valence-corrected chi connectivity index (χ2v) is 7.40. The largest absolute Gasteiger partial charge is 0.492 e. The summed E-state index contributed by atoms with van der Waals surface area (Å²) in [6.07, 6.45) is 1.44. The summed E-state index contributed by atoms with van der Waals surface area (Å²) in [5.74, 6) is -1.10. The zero-order valence-electron chi connectivity index (χ0n) is 11.4. The Kier molecular flexibility index (Phi) is 4.90. The van der Waals surface area contributed by atoms with E-state index in [2.05, 4.69) is 20.7 Å². The van der Waals surface area contributed by atoms with Crippen LogP contribution < -0.4 is 9.46 Å². The monoisotopic (exact) mass is 377 g/mol. The third-order valence-corrected chi connectivity index (χ3v) is 5.09. The molecule has 2 N–H and O–H groups in total. The Balaban J connectivity index is 2.34. The van der Waals surface area contributed by atoms with Gasteiger partial charge in [0, 0.05) is 4.47 Å². The summed E-state index contributed by atoms with van der Waals surface area (Å²) in [4.78, 5) is 11.1. The third kappa shape index (κ3) is 3.96. The minimum absolute atomic E-state index is 0.0642. The lowest BCUT2D eigenvalue weighted by Gasteiger charge is -2.16. The Morgan fingerprint density at radius 1 is 1.52 bits per heavy atom. The van der Waals surface area contributed by atoms with Gasteiger partial charge in [0.25, 0.3) is 0 Å². The summed E-state index contributed by atoms with van der Waals surface area (Å²) in [5.41, 5.74) is 0. The van der Waals surface area contributed by atoms with Crippen LogP contribution in [-0.4, -0.2) is 32.1 Å². The van der Waals surface area contributed by atoms with Gasteiger partial charge in [0.05, 0.1) is 6.61 Å². The van der Waals surface area contributed by atoms with E-state index in [1.807, 2.05) is 0 Å². The highest BCUT2D eigenvalue weighted by atomic mass is 79.9.